The predicted octanol–water partition coefficient (Wildman–Crippen LogP) is 2.84. The zero-order valence-corrected chi connectivity index (χ0v) is 24.2. The van der Waals surface area contributed by atoms with Gasteiger partial charge in [-0.25, -0.2) is 4.79 Å². The number of aromatic nitrogens is 1. The summed E-state index contributed by atoms with van der Waals surface area (Å²) in [6.07, 6.45) is 4.52. The van der Waals surface area contributed by atoms with Crippen molar-refractivity contribution >= 4 is 29.2 Å². The number of carbonyl (C=O) groups excluding carboxylic acids is 3. The third-order valence-electron chi connectivity index (χ3n) is 7.29. The fraction of sp³-hybridized carbons (Fsp3) is 0.567. The molecular formula is C30H40N6O5. The van der Waals surface area contributed by atoms with Crippen LogP contribution in [0.25, 0.3) is 10.9 Å². The summed E-state index contributed by atoms with van der Waals surface area (Å²) in [5, 5.41) is 12.8. The number of nitriles is 1. The first-order chi connectivity index (χ1) is 19.7. The number of piperazine rings is 1. The number of nitrogens with zero attached hydrogens (tertiary/aromatic N) is 5. The van der Waals surface area contributed by atoms with E-state index in [1.807, 2.05) is 37.8 Å². The Balaban J connectivity index is 1.28. The van der Waals surface area contributed by atoms with E-state index in [0.717, 1.165) is 51.7 Å². The molecule has 2 saturated heterocycles. The number of carbonyl (C=O) groups is 3. The van der Waals surface area contributed by atoms with Gasteiger partial charge in [-0.15, -0.1) is 0 Å². The lowest BCUT2D eigenvalue weighted by molar-refractivity contribution is -0.109. The van der Waals surface area contributed by atoms with Gasteiger partial charge in [0.2, 0.25) is 0 Å². The molecule has 0 spiro atoms. The van der Waals surface area contributed by atoms with Crippen molar-refractivity contribution in [3.05, 3.63) is 36.0 Å². The highest BCUT2D eigenvalue weighted by Crippen LogP contribution is 2.23. The molecule has 2 amide bonds. The van der Waals surface area contributed by atoms with Crippen LogP contribution < -0.4 is 10.1 Å². The van der Waals surface area contributed by atoms with Crippen molar-refractivity contribution in [2.45, 2.75) is 57.7 Å². The van der Waals surface area contributed by atoms with E-state index in [4.69, 9.17) is 9.47 Å². The van der Waals surface area contributed by atoms with Gasteiger partial charge in [-0.3, -0.25) is 19.6 Å². The molecule has 2 aliphatic heterocycles. The molecule has 1 N–H and O–H groups in total. The van der Waals surface area contributed by atoms with Crippen molar-refractivity contribution in [3.8, 4) is 11.8 Å². The normalized spacial score (nSPS) is 19.0. The van der Waals surface area contributed by atoms with E-state index in [-0.39, 0.29) is 18.0 Å². The maximum atomic E-state index is 13.2. The van der Waals surface area contributed by atoms with Gasteiger partial charge in [-0.2, -0.15) is 5.26 Å². The maximum Gasteiger partial charge on any atom is 0.410 e. The van der Waals surface area contributed by atoms with Gasteiger partial charge < -0.3 is 24.5 Å². The first kappa shape index (κ1) is 30.2. The first-order valence-corrected chi connectivity index (χ1v) is 14.3. The summed E-state index contributed by atoms with van der Waals surface area (Å²) in [4.78, 5) is 47.6. The molecule has 2 fully saturated rings. The smallest absolute Gasteiger partial charge is 0.410 e. The lowest BCUT2D eigenvalue weighted by Crippen LogP contribution is -2.50. The molecule has 0 radical (unpaired) electrons. The Morgan fingerprint density at radius 1 is 1.20 bits per heavy atom. The summed E-state index contributed by atoms with van der Waals surface area (Å²) < 4.78 is 11.5. The number of ether oxygens (including phenoxy) is 2. The summed E-state index contributed by atoms with van der Waals surface area (Å²) in [7, 11) is 0. The molecule has 1 unspecified atom stereocenters. The number of rotatable bonds is 10. The Hall–Kier alpha value is -3.75. The van der Waals surface area contributed by atoms with Gasteiger partial charge in [-0.1, -0.05) is 0 Å². The maximum absolute atomic E-state index is 13.2. The highest BCUT2D eigenvalue weighted by Gasteiger charge is 2.28. The van der Waals surface area contributed by atoms with Crippen LogP contribution in [-0.4, -0.2) is 108 Å². The van der Waals surface area contributed by atoms with Crippen LogP contribution in [-0.2, 0) is 9.53 Å². The summed E-state index contributed by atoms with van der Waals surface area (Å²) in [6.45, 7) is 10.9. The molecule has 0 bridgehead atoms. The zero-order chi connectivity index (χ0) is 29.4. The number of likely N-dealkylation sites (tertiary alicyclic amines) is 1. The van der Waals surface area contributed by atoms with Crippen molar-refractivity contribution in [1.29, 1.82) is 5.26 Å². The summed E-state index contributed by atoms with van der Waals surface area (Å²) in [5.74, 6) is 0.264. The van der Waals surface area contributed by atoms with E-state index >= 15 is 0 Å². The fourth-order valence-electron chi connectivity index (χ4n) is 5.18. The third kappa shape index (κ3) is 8.38. The monoisotopic (exact) mass is 564 g/mol. The molecule has 0 saturated carbocycles. The molecule has 4 rings (SSSR count). The quantitative estimate of drug-likeness (QED) is 0.342. The Bertz CT molecular complexity index is 1260. The van der Waals surface area contributed by atoms with E-state index in [9.17, 15) is 19.6 Å². The molecule has 220 valence electrons. The van der Waals surface area contributed by atoms with Gasteiger partial charge in [0.1, 0.15) is 17.6 Å². The highest BCUT2D eigenvalue weighted by molar-refractivity contribution is 6.07. The van der Waals surface area contributed by atoms with Crippen LogP contribution in [0.4, 0.5) is 4.79 Å². The molecule has 2 aromatic rings. The Morgan fingerprint density at radius 2 is 1.98 bits per heavy atom. The average molecular weight is 565 g/mol. The minimum atomic E-state index is -0.717. The van der Waals surface area contributed by atoms with Crippen LogP contribution in [0.3, 0.4) is 0 Å². The zero-order valence-electron chi connectivity index (χ0n) is 24.2. The van der Waals surface area contributed by atoms with E-state index in [0.29, 0.717) is 48.5 Å². The lowest BCUT2D eigenvalue weighted by atomic mass is 10.1. The summed E-state index contributed by atoms with van der Waals surface area (Å²) >= 11 is 0. The number of fused-ring (bicyclic) bond motifs is 1. The van der Waals surface area contributed by atoms with E-state index < -0.39 is 11.6 Å². The molecule has 11 heteroatoms. The minimum absolute atomic E-state index is 0.224. The molecule has 41 heavy (non-hydrogen) atoms. The number of hydrogen-bond donors (Lipinski definition) is 1. The number of pyridine rings is 1. The second-order valence-electron chi connectivity index (χ2n) is 11.5. The van der Waals surface area contributed by atoms with Crippen LogP contribution in [0.1, 0.15) is 50.4 Å². The topological polar surface area (TPSA) is 128 Å². The van der Waals surface area contributed by atoms with Crippen molar-refractivity contribution in [1.82, 2.24) is 25.0 Å². The second kappa shape index (κ2) is 13.7. The molecule has 2 atom stereocenters. The van der Waals surface area contributed by atoms with Crippen molar-refractivity contribution in [2.75, 3.05) is 52.4 Å². The highest BCUT2D eigenvalue weighted by atomic mass is 16.6. The van der Waals surface area contributed by atoms with Gasteiger partial charge in [0, 0.05) is 50.9 Å². The number of hydrogen-bond acceptors (Lipinski definition) is 9. The molecule has 1 aromatic heterocycles. The minimum Gasteiger partial charge on any atom is -0.494 e. The van der Waals surface area contributed by atoms with Crippen LogP contribution in [0.15, 0.2) is 30.5 Å². The molecule has 1 aromatic carbocycles. The molecule has 0 aliphatic carbocycles. The van der Waals surface area contributed by atoms with Crippen LogP contribution in [0, 0.1) is 11.3 Å². The number of amides is 2. The van der Waals surface area contributed by atoms with Gasteiger partial charge in [0.25, 0.3) is 5.91 Å². The molecule has 11 nitrogen and oxygen atoms in total. The third-order valence-corrected chi connectivity index (χ3v) is 7.29. The van der Waals surface area contributed by atoms with Gasteiger partial charge in [0.05, 0.1) is 35.8 Å². The largest absolute Gasteiger partial charge is 0.494 e. The Labute approximate surface area is 241 Å². The Kier molecular flexibility index (Phi) is 10.1. The van der Waals surface area contributed by atoms with Gasteiger partial charge in [0.15, 0.2) is 0 Å². The van der Waals surface area contributed by atoms with E-state index in [2.05, 4.69) is 21.3 Å². The SMILES string of the molecule is CC(C)(C)OC(=O)N1CCN(CCCOc2ccc3nccc(C(=O)NC(C=O)CN4CCC[C@H]4C#N)c3c2)CC1. The van der Waals surface area contributed by atoms with Crippen molar-refractivity contribution < 1.29 is 23.9 Å². The molecular weight excluding hydrogens is 524 g/mol. The van der Waals surface area contributed by atoms with Crippen molar-refractivity contribution in [2.24, 2.45) is 0 Å². The molecule has 2 aliphatic rings. The molecule has 3 heterocycles. The number of nitrogens with one attached hydrogen (secondary N) is 1. The van der Waals surface area contributed by atoms with Crippen LogP contribution in [0.5, 0.6) is 5.75 Å². The van der Waals surface area contributed by atoms with Crippen molar-refractivity contribution in [3.63, 3.8) is 0 Å². The number of aldehydes is 1. The van der Waals surface area contributed by atoms with Gasteiger partial charge >= 0.3 is 6.09 Å². The standard InChI is InChI=1S/C30H40N6O5/c1-30(2,3)41-29(39)35-15-13-34(14-16-35)11-5-17-40-24-7-8-27-26(18-24)25(9-10-32-27)28(38)33-22(21-37)20-36-12-4-6-23(36)19-31/h7-10,18,21-23H,4-6,11-17,20H2,1-3H3,(H,33,38)/t22?,23-/m0/s1. The fourth-order valence-corrected chi connectivity index (χ4v) is 5.18. The van der Waals surface area contributed by atoms with E-state index in [1.165, 1.54) is 0 Å². The van der Waals surface area contributed by atoms with E-state index in [1.54, 1.807) is 23.2 Å². The second-order valence-corrected chi connectivity index (χ2v) is 11.5. The van der Waals surface area contributed by atoms with Crippen LogP contribution >= 0.6 is 0 Å². The Morgan fingerprint density at radius 3 is 2.68 bits per heavy atom. The average Bonchev–Trinajstić information content (AvgIpc) is 3.41. The predicted molar refractivity (Wildman–Crippen MR) is 154 cm³/mol. The summed E-state index contributed by atoms with van der Waals surface area (Å²) in [6, 6.07) is 8.41. The first-order valence-electron chi connectivity index (χ1n) is 14.3. The number of benzene rings is 1. The van der Waals surface area contributed by atoms with Gasteiger partial charge in [-0.05, 0) is 70.8 Å². The lowest BCUT2D eigenvalue weighted by Gasteiger charge is -2.35. The van der Waals surface area contributed by atoms with Crippen LogP contribution in [0.2, 0.25) is 0 Å². The summed E-state index contributed by atoms with van der Waals surface area (Å²) in [5.41, 5.74) is 0.566.